The third-order valence-electron chi connectivity index (χ3n) is 5.49. The van der Waals surface area contributed by atoms with Crippen molar-refractivity contribution in [3.05, 3.63) is 48.5 Å². The number of fused-ring (bicyclic) bond motifs is 1. The standard InChI is InChI=1S/C23H27N3O3/c27-22(13-16-26-20-7-3-4-8-21(20)29-17-23(26)28)24-18-9-11-19(12-10-18)25-14-5-1-2-6-15-25/h3-4,7-12H,1-2,5-6,13-17H2,(H,24,27). The number of ether oxygens (including phenoxy) is 1. The predicted molar refractivity (Wildman–Crippen MR) is 115 cm³/mol. The van der Waals surface area contributed by atoms with Crippen LogP contribution in [0.25, 0.3) is 0 Å². The first-order valence-electron chi connectivity index (χ1n) is 10.4. The van der Waals surface area contributed by atoms with Gasteiger partial charge in [-0.3, -0.25) is 9.59 Å². The molecule has 0 spiro atoms. The zero-order valence-electron chi connectivity index (χ0n) is 16.6. The number of anilines is 3. The highest BCUT2D eigenvalue weighted by Crippen LogP contribution is 2.31. The molecule has 2 amide bonds. The second-order valence-electron chi connectivity index (χ2n) is 7.55. The topological polar surface area (TPSA) is 61.9 Å². The van der Waals surface area contributed by atoms with Crippen LogP contribution in [-0.4, -0.2) is 38.1 Å². The van der Waals surface area contributed by atoms with Crippen LogP contribution in [0.4, 0.5) is 17.1 Å². The number of amides is 2. The van der Waals surface area contributed by atoms with Crippen LogP contribution >= 0.6 is 0 Å². The van der Waals surface area contributed by atoms with Crippen molar-refractivity contribution >= 4 is 28.9 Å². The second-order valence-corrected chi connectivity index (χ2v) is 7.55. The lowest BCUT2D eigenvalue weighted by molar-refractivity contribution is -0.121. The van der Waals surface area contributed by atoms with Crippen molar-refractivity contribution in [2.45, 2.75) is 32.1 Å². The summed E-state index contributed by atoms with van der Waals surface area (Å²) in [6, 6.07) is 15.5. The highest BCUT2D eigenvalue weighted by molar-refractivity contribution is 5.99. The molecule has 0 atom stereocenters. The summed E-state index contributed by atoms with van der Waals surface area (Å²) < 4.78 is 5.44. The SMILES string of the molecule is O=C(CCN1C(=O)COc2ccccc21)Nc1ccc(N2CCCCCC2)cc1. The normalized spacial score (nSPS) is 16.6. The minimum Gasteiger partial charge on any atom is -0.482 e. The van der Waals surface area contributed by atoms with Crippen molar-refractivity contribution in [3.63, 3.8) is 0 Å². The Kier molecular flexibility index (Phi) is 5.98. The van der Waals surface area contributed by atoms with Crippen LogP contribution in [0.2, 0.25) is 0 Å². The smallest absolute Gasteiger partial charge is 0.265 e. The van der Waals surface area contributed by atoms with Gasteiger partial charge in [0.1, 0.15) is 5.75 Å². The van der Waals surface area contributed by atoms with Gasteiger partial charge >= 0.3 is 0 Å². The number of carbonyl (C=O) groups excluding carboxylic acids is 2. The summed E-state index contributed by atoms with van der Waals surface area (Å²) in [6.07, 6.45) is 5.32. The highest BCUT2D eigenvalue weighted by atomic mass is 16.5. The van der Waals surface area contributed by atoms with E-state index >= 15 is 0 Å². The third-order valence-corrected chi connectivity index (χ3v) is 5.49. The average Bonchev–Trinajstić information content (AvgIpc) is 3.03. The first-order chi connectivity index (χ1) is 14.2. The number of carbonyl (C=O) groups is 2. The molecular formula is C23H27N3O3. The van der Waals surface area contributed by atoms with Crippen LogP contribution in [-0.2, 0) is 9.59 Å². The van der Waals surface area contributed by atoms with E-state index in [1.165, 1.54) is 31.4 Å². The van der Waals surface area contributed by atoms with E-state index in [4.69, 9.17) is 4.74 Å². The van der Waals surface area contributed by atoms with E-state index in [0.717, 1.165) is 24.5 Å². The molecule has 1 fully saturated rings. The average molecular weight is 393 g/mol. The van der Waals surface area contributed by atoms with Gasteiger partial charge in [0.25, 0.3) is 5.91 Å². The fourth-order valence-corrected chi connectivity index (χ4v) is 3.92. The van der Waals surface area contributed by atoms with Gasteiger partial charge in [-0.15, -0.1) is 0 Å². The highest BCUT2D eigenvalue weighted by Gasteiger charge is 2.25. The molecule has 2 aromatic rings. The quantitative estimate of drug-likeness (QED) is 0.839. The fourth-order valence-electron chi connectivity index (χ4n) is 3.92. The molecule has 6 nitrogen and oxygen atoms in total. The summed E-state index contributed by atoms with van der Waals surface area (Å²) in [7, 11) is 0. The number of hydrogen-bond acceptors (Lipinski definition) is 4. The molecule has 0 aromatic heterocycles. The first kappa shape index (κ1) is 19.3. The molecular weight excluding hydrogens is 366 g/mol. The van der Waals surface area contributed by atoms with E-state index in [9.17, 15) is 9.59 Å². The molecule has 29 heavy (non-hydrogen) atoms. The Morgan fingerprint density at radius 3 is 2.45 bits per heavy atom. The molecule has 6 heteroatoms. The zero-order chi connectivity index (χ0) is 20.1. The molecule has 152 valence electrons. The molecule has 0 aliphatic carbocycles. The lowest BCUT2D eigenvalue weighted by Gasteiger charge is -2.29. The number of nitrogens with one attached hydrogen (secondary N) is 1. The van der Waals surface area contributed by atoms with E-state index in [1.54, 1.807) is 4.90 Å². The number of para-hydroxylation sites is 2. The third kappa shape index (κ3) is 4.70. The van der Waals surface area contributed by atoms with E-state index in [1.807, 2.05) is 36.4 Å². The lowest BCUT2D eigenvalue weighted by atomic mass is 10.2. The van der Waals surface area contributed by atoms with E-state index < -0.39 is 0 Å². The van der Waals surface area contributed by atoms with Gasteiger partial charge in [0, 0.05) is 37.4 Å². The monoisotopic (exact) mass is 393 g/mol. The van der Waals surface area contributed by atoms with Gasteiger partial charge in [-0.25, -0.2) is 0 Å². The predicted octanol–water partition coefficient (Wildman–Crippen LogP) is 3.82. The molecule has 0 radical (unpaired) electrons. The van der Waals surface area contributed by atoms with E-state index in [-0.39, 0.29) is 24.8 Å². The Morgan fingerprint density at radius 2 is 1.69 bits per heavy atom. The molecule has 2 aromatic carbocycles. The van der Waals surface area contributed by atoms with Crippen molar-refractivity contribution in [3.8, 4) is 5.75 Å². The summed E-state index contributed by atoms with van der Waals surface area (Å²) in [5, 5.41) is 2.94. The van der Waals surface area contributed by atoms with Crippen LogP contribution in [0.5, 0.6) is 5.75 Å². The van der Waals surface area contributed by atoms with Crippen LogP contribution in [0.15, 0.2) is 48.5 Å². The first-order valence-corrected chi connectivity index (χ1v) is 10.4. The lowest BCUT2D eigenvalue weighted by Crippen LogP contribution is -2.40. The molecule has 1 saturated heterocycles. The van der Waals surface area contributed by atoms with Gasteiger partial charge in [0.15, 0.2) is 6.61 Å². The summed E-state index contributed by atoms with van der Waals surface area (Å²) in [5.74, 6) is 0.444. The number of rotatable bonds is 5. The van der Waals surface area contributed by atoms with Crippen molar-refractivity contribution in [1.29, 1.82) is 0 Å². The Bertz CT molecular complexity index is 858. The van der Waals surface area contributed by atoms with Crippen molar-refractivity contribution < 1.29 is 14.3 Å². The van der Waals surface area contributed by atoms with Crippen LogP contribution in [0.3, 0.4) is 0 Å². The largest absolute Gasteiger partial charge is 0.482 e. The molecule has 2 aliphatic heterocycles. The Balaban J connectivity index is 1.32. The second kappa shape index (κ2) is 8.99. The Hall–Kier alpha value is -3.02. The summed E-state index contributed by atoms with van der Waals surface area (Å²) in [6.45, 7) is 2.54. The maximum Gasteiger partial charge on any atom is 0.265 e. The van der Waals surface area contributed by atoms with Crippen LogP contribution in [0, 0.1) is 0 Å². The fraction of sp³-hybridized carbons (Fsp3) is 0.391. The van der Waals surface area contributed by atoms with Gasteiger partial charge in [0.2, 0.25) is 5.91 Å². The summed E-state index contributed by atoms with van der Waals surface area (Å²) in [5.41, 5.74) is 2.71. The molecule has 0 saturated carbocycles. The van der Waals surface area contributed by atoms with Crippen molar-refractivity contribution in [2.24, 2.45) is 0 Å². The summed E-state index contributed by atoms with van der Waals surface area (Å²) >= 11 is 0. The maximum absolute atomic E-state index is 12.4. The molecule has 2 aliphatic rings. The van der Waals surface area contributed by atoms with Gasteiger partial charge < -0.3 is 19.9 Å². The van der Waals surface area contributed by atoms with Crippen LogP contribution in [0.1, 0.15) is 32.1 Å². The molecule has 4 rings (SSSR count). The molecule has 0 unspecified atom stereocenters. The molecule has 0 bridgehead atoms. The van der Waals surface area contributed by atoms with Crippen molar-refractivity contribution in [1.82, 2.24) is 0 Å². The van der Waals surface area contributed by atoms with Gasteiger partial charge in [-0.1, -0.05) is 25.0 Å². The molecule has 1 N–H and O–H groups in total. The number of nitrogens with zero attached hydrogens (tertiary/aromatic N) is 2. The number of hydrogen-bond donors (Lipinski definition) is 1. The minimum atomic E-state index is -0.127. The van der Waals surface area contributed by atoms with E-state index in [2.05, 4.69) is 22.3 Å². The maximum atomic E-state index is 12.4. The van der Waals surface area contributed by atoms with E-state index in [0.29, 0.717) is 12.3 Å². The zero-order valence-corrected chi connectivity index (χ0v) is 16.6. The van der Waals surface area contributed by atoms with Gasteiger partial charge in [-0.05, 0) is 49.2 Å². The van der Waals surface area contributed by atoms with Gasteiger partial charge in [-0.2, -0.15) is 0 Å². The minimum absolute atomic E-state index is 0.0105. The Morgan fingerprint density at radius 1 is 0.966 bits per heavy atom. The van der Waals surface area contributed by atoms with Crippen molar-refractivity contribution in [2.75, 3.05) is 41.4 Å². The van der Waals surface area contributed by atoms with Crippen LogP contribution < -0.4 is 19.9 Å². The Labute approximate surface area is 171 Å². The number of benzene rings is 2. The molecule has 2 heterocycles. The summed E-state index contributed by atoms with van der Waals surface area (Å²) in [4.78, 5) is 28.7. The van der Waals surface area contributed by atoms with Gasteiger partial charge in [0.05, 0.1) is 5.69 Å².